The molecule has 0 aliphatic carbocycles. The summed E-state index contributed by atoms with van der Waals surface area (Å²) in [5.41, 5.74) is -1.12. The molecule has 0 radical (unpaired) electrons. The Balaban J connectivity index is 0.000000204. The van der Waals surface area contributed by atoms with E-state index in [0.29, 0.717) is 22.8 Å². The summed E-state index contributed by atoms with van der Waals surface area (Å²) in [6.07, 6.45) is -4.61. The van der Waals surface area contributed by atoms with Gasteiger partial charge in [-0.15, -0.1) is 20.5 Å². The van der Waals surface area contributed by atoms with Crippen LogP contribution in [-0.4, -0.2) is 113 Å². The normalized spacial score (nSPS) is 12.9. The molecule has 440 valence electrons. The van der Waals surface area contributed by atoms with Crippen LogP contribution in [0.4, 0.5) is 36.2 Å². The van der Waals surface area contributed by atoms with Crippen molar-refractivity contribution in [2.45, 2.75) is 72.7 Å². The Morgan fingerprint density at radius 2 is 1.11 bits per heavy atom. The molecule has 6 heterocycles. The van der Waals surface area contributed by atoms with Crippen molar-refractivity contribution in [1.29, 1.82) is 10.5 Å². The van der Waals surface area contributed by atoms with Gasteiger partial charge in [-0.1, -0.05) is 32.9 Å². The van der Waals surface area contributed by atoms with Crippen LogP contribution in [0, 0.1) is 36.5 Å². The second-order valence-electron chi connectivity index (χ2n) is 19.0. The van der Waals surface area contributed by atoms with Gasteiger partial charge in [-0.3, -0.25) is 28.4 Å². The van der Waals surface area contributed by atoms with Gasteiger partial charge in [0.25, 0.3) is 40.5 Å². The number of halogens is 3. The minimum absolute atomic E-state index is 0.0153. The van der Waals surface area contributed by atoms with Crippen LogP contribution in [-0.2, 0) is 56.8 Å². The minimum atomic E-state index is -5.00. The SMILES string of the molecule is CCOC(=O)c1[nH]n2c(nc3ccccc32)c1N=Nc1c(C#N)c(C)nn1-c1cc(S(=O)(=O)O)ccc1S(=O)(=O)O.Cc1nn(-c2cc(S(=O)(=O)O)ccc2S(=O)(=O)O)c(N=Nc2c(C(C)(C)C)[nH]n3c2nc2ccc(C(F)(F)F)cc23)c1C#N. The highest BCUT2D eigenvalue weighted by atomic mass is 32.2. The minimum Gasteiger partial charge on any atom is -0.461 e. The molecule has 0 spiro atoms. The molecule has 6 aromatic heterocycles. The number of aromatic amines is 2. The standard InChI is InChI=1S/C25H21F3N8O6S2.C23H18N8O8S2/c1-12-15(11-29)22(36(33-12)18-10-14(43(37,38)39)6-8-19(18)44(40,41)42)32-31-20-21(24(2,3)4)34-35-17-9-13(25(26,27)28)5-7-16(17)30-23(20)35;1-3-39-23(32)20-19(22-25-15-6-4-5-7-16(15)30(22)29-20)26-27-21-14(11-24)12(2)28-31(21)17-10-13(40(33,34)35)8-9-18(17)41(36,37)38/h5-10,34H,1-4H3,(H,37,38,39)(H,40,41,42);4-10,29H,3H2,1-2H3,(H,33,34,35)(H,36,37,38). The van der Waals surface area contributed by atoms with E-state index in [4.69, 9.17) is 4.74 Å². The molecule has 0 saturated heterocycles. The Hall–Kier alpha value is -9.60. The molecule has 4 aromatic carbocycles. The van der Waals surface area contributed by atoms with Crippen LogP contribution in [0.5, 0.6) is 0 Å². The molecule has 0 fully saturated rings. The third kappa shape index (κ3) is 11.3. The monoisotopic (exact) mass is 1250 g/mol. The van der Waals surface area contributed by atoms with Gasteiger partial charge in [0.05, 0.1) is 72.5 Å². The first-order valence-corrected chi connectivity index (χ1v) is 29.6. The highest BCUT2D eigenvalue weighted by molar-refractivity contribution is 7.87. The van der Waals surface area contributed by atoms with Crippen molar-refractivity contribution in [1.82, 2.24) is 48.8 Å². The van der Waals surface area contributed by atoms with Crippen LogP contribution in [0.15, 0.2) is 119 Å². The van der Waals surface area contributed by atoms with Crippen molar-refractivity contribution in [3.63, 3.8) is 0 Å². The molecular formula is C48H39F3N16O14S4. The Morgan fingerprint density at radius 3 is 1.56 bits per heavy atom. The molecular weight excluding hydrogens is 1210 g/mol. The quantitative estimate of drug-likeness (QED) is 0.0378. The van der Waals surface area contributed by atoms with E-state index in [0.717, 1.165) is 51.8 Å². The first-order chi connectivity index (χ1) is 39.6. The van der Waals surface area contributed by atoms with Gasteiger partial charge in [-0.05, 0) is 87.5 Å². The molecule has 10 aromatic rings. The summed E-state index contributed by atoms with van der Waals surface area (Å²) in [5.74, 6) is -1.56. The number of hydrogen-bond acceptors (Lipinski definition) is 20. The third-order valence-electron chi connectivity index (χ3n) is 12.4. The number of aromatic nitrogens is 10. The van der Waals surface area contributed by atoms with E-state index in [2.05, 4.69) is 50.8 Å². The summed E-state index contributed by atoms with van der Waals surface area (Å²) >= 11 is 0. The Bertz CT molecular complexity index is 5090. The van der Waals surface area contributed by atoms with E-state index in [9.17, 15) is 80.4 Å². The molecule has 0 atom stereocenters. The molecule has 0 unspecified atom stereocenters. The van der Waals surface area contributed by atoms with Gasteiger partial charge in [-0.2, -0.15) is 67.6 Å². The van der Waals surface area contributed by atoms with Gasteiger partial charge in [0.1, 0.15) is 33.1 Å². The van der Waals surface area contributed by atoms with Crippen molar-refractivity contribution in [3.8, 4) is 23.5 Å². The Morgan fingerprint density at radius 1 is 0.635 bits per heavy atom. The number of para-hydroxylation sites is 2. The van der Waals surface area contributed by atoms with Gasteiger partial charge >= 0.3 is 12.1 Å². The molecule has 10 rings (SSSR count). The predicted molar refractivity (Wildman–Crippen MR) is 287 cm³/mol. The number of nitriles is 2. The molecule has 85 heavy (non-hydrogen) atoms. The van der Waals surface area contributed by atoms with E-state index >= 15 is 0 Å². The average Bonchev–Trinajstić information content (AvgIpc) is 2.52. The van der Waals surface area contributed by atoms with E-state index in [1.807, 2.05) is 12.1 Å². The third-order valence-corrected chi connectivity index (χ3v) is 15.9. The number of aryl methyl sites for hydroxylation is 2. The molecule has 37 heteroatoms. The molecule has 0 saturated carbocycles. The fourth-order valence-corrected chi connectivity index (χ4v) is 10.8. The number of fused-ring (bicyclic) bond motifs is 6. The van der Waals surface area contributed by atoms with Gasteiger partial charge < -0.3 is 4.74 Å². The number of H-pyrrole nitrogens is 2. The maximum atomic E-state index is 13.4. The second-order valence-corrected chi connectivity index (χ2v) is 24.7. The van der Waals surface area contributed by atoms with E-state index < -0.39 is 100 Å². The van der Waals surface area contributed by atoms with E-state index in [1.165, 1.54) is 28.9 Å². The first-order valence-electron chi connectivity index (χ1n) is 23.9. The van der Waals surface area contributed by atoms with Crippen LogP contribution in [0.3, 0.4) is 0 Å². The van der Waals surface area contributed by atoms with E-state index in [1.54, 1.807) is 52.0 Å². The number of alkyl halides is 3. The number of benzene rings is 4. The van der Waals surface area contributed by atoms with Crippen molar-refractivity contribution in [2.24, 2.45) is 20.5 Å². The maximum absolute atomic E-state index is 13.4. The largest absolute Gasteiger partial charge is 0.461 e. The average molecular weight is 1250 g/mol. The Kier molecular flexibility index (Phi) is 15.0. The number of imidazole rings is 2. The van der Waals surface area contributed by atoms with Crippen molar-refractivity contribution in [3.05, 3.63) is 118 Å². The number of ether oxygens (including phenoxy) is 1. The van der Waals surface area contributed by atoms with Gasteiger partial charge in [0, 0.05) is 5.41 Å². The van der Waals surface area contributed by atoms with Crippen molar-refractivity contribution < 1.29 is 74.6 Å². The lowest BCUT2D eigenvalue weighted by atomic mass is 9.91. The molecule has 0 aliphatic heterocycles. The van der Waals surface area contributed by atoms with Crippen LogP contribution in [0.1, 0.15) is 72.0 Å². The van der Waals surface area contributed by atoms with Crippen molar-refractivity contribution >= 4 is 103 Å². The number of carbonyl (C=O) groups excluding carboxylic acids is 1. The number of nitrogens with zero attached hydrogens (tertiary/aromatic N) is 14. The molecule has 0 amide bonds. The summed E-state index contributed by atoms with van der Waals surface area (Å²) in [5, 5.41) is 50.4. The zero-order chi connectivity index (χ0) is 62.3. The number of esters is 1. The lowest BCUT2D eigenvalue weighted by Crippen LogP contribution is -2.12. The van der Waals surface area contributed by atoms with Crippen LogP contribution in [0.2, 0.25) is 0 Å². The second kappa shape index (κ2) is 21.2. The number of rotatable bonds is 12. The fraction of sp³-hybridized carbons (Fsp3) is 0.188. The summed E-state index contributed by atoms with van der Waals surface area (Å²) in [7, 11) is -19.7. The lowest BCUT2D eigenvalue weighted by molar-refractivity contribution is -0.137. The maximum Gasteiger partial charge on any atom is 0.416 e. The topological polar surface area (TPSA) is 443 Å². The highest BCUT2D eigenvalue weighted by Crippen LogP contribution is 2.41. The van der Waals surface area contributed by atoms with Gasteiger partial charge in [0.15, 0.2) is 40.0 Å². The predicted octanol–water partition coefficient (Wildman–Crippen LogP) is 8.67. The Labute approximate surface area is 476 Å². The number of azo groups is 2. The summed E-state index contributed by atoms with van der Waals surface area (Å²) in [4.78, 5) is 18.5. The fourth-order valence-electron chi connectivity index (χ4n) is 8.52. The van der Waals surface area contributed by atoms with E-state index in [-0.39, 0.29) is 74.3 Å². The zero-order valence-electron chi connectivity index (χ0n) is 44.1. The van der Waals surface area contributed by atoms with Gasteiger partial charge in [-0.25, -0.2) is 33.2 Å². The molecule has 6 N–H and O–H groups in total. The first kappa shape index (κ1) is 60.0. The smallest absolute Gasteiger partial charge is 0.416 e. The highest BCUT2D eigenvalue weighted by Gasteiger charge is 2.34. The lowest BCUT2D eigenvalue weighted by Gasteiger charge is -2.16. The van der Waals surface area contributed by atoms with Crippen LogP contribution in [0.25, 0.3) is 44.7 Å². The van der Waals surface area contributed by atoms with Crippen LogP contribution >= 0.6 is 0 Å². The van der Waals surface area contributed by atoms with Crippen LogP contribution < -0.4 is 0 Å². The number of nitrogens with one attached hydrogen (secondary N) is 2. The van der Waals surface area contributed by atoms with Gasteiger partial charge in [0.2, 0.25) is 0 Å². The number of hydrogen-bond donors (Lipinski definition) is 6. The number of carbonyl (C=O) groups is 1. The molecule has 30 nitrogen and oxygen atoms in total. The van der Waals surface area contributed by atoms with Crippen molar-refractivity contribution in [2.75, 3.05) is 6.61 Å². The molecule has 0 bridgehead atoms. The zero-order valence-corrected chi connectivity index (χ0v) is 47.4. The summed E-state index contributed by atoms with van der Waals surface area (Å²) < 4.78 is 184. The molecule has 0 aliphatic rings. The summed E-state index contributed by atoms with van der Waals surface area (Å²) in [6.45, 7) is 9.79. The summed E-state index contributed by atoms with van der Waals surface area (Å²) in [6, 6.07) is 18.1.